The first-order chi connectivity index (χ1) is 20.3. The zero-order chi connectivity index (χ0) is 29.8. The van der Waals surface area contributed by atoms with E-state index in [9.17, 15) is 9.59 Å². The van der Waals surface area contributed by atoms with Gasteiger partial charge in [0.05, 0.1) is 25.5 Å². The third kappa shape index (κ3) is 6.69. The van der Waals surface area contributed by atoms with Crippen LogP contribution in [0.2, 0.25) is 5.02 Å². The van der Waals surface area contributed by atoms with Crippen molar-refractivity contribution in [3.63, 3.8) is 0 Å². The molecule has 10 heteroatoms. The van der Waals surface area contributed by atoms with Gasteiger partial charge < -0.3 is 24.6 Å². The van der Waals surface area contributed by atoms with E-state index in [0.717, 1.165) is 49.5 Å². The van der Waals surface area contributed by atoms with Gasteiger partial charge in [0.1, 0.15) is 0 Å². The van der Waals surface area contributed by atoms with E-state index in [1.165, 1.54) is 9.75 Å². The molecule has 2 saturated heterocycles. The van der Waals surface area contributed by atoms with E-state index in [1.54, 1.807) is 42.6 Å². The summed E-state index contributed by atoms with van der Waals surface area (Å²) < 4.78 is 11.0. The standard InChI is InChI=1S/C32H39ClN4O4S/c1-21-7-5-8-22(2)37(21)31(38)26-18-28(40-3)29(41-4)19-27(26)34-32(39)36-15-13-35(14-16-36)20-25-11-12-30(42-25)23-9-6-10-24(33)17-23/h6,9-12,17-19,21-22H,5,7-8,13-16,20H2,1-4H3,(H,34,39). The number of benzene rings is 2. The summed E-state index contributed by atoms with van der Waals surface area (Å²) in [6.45, 7) is 7.71. The second-order valence-corrected chi connectivity index (χ2v) is 12.7. The fourth-order valence-corrected chi connectivity index (χ4v) is 7.14. The number of carbonyl (C=O) groups excluding carboxylic acids is 2. The van der Waals surface area contributed by atoms with Gasteiger partial charge in [0.25, 0.3) is 5.91 Å². The van der Waals surface area contributed by atoms with E-state index < -0.39 is 0 Å². The van der Waals surface area contributed by atoms with Crippen LogP contribution in [0.15, 0.2) is 48.5 Å². The van der Waals surface area contributed by atoms with Gasteiger partial charge in [-0.2, -0.15) is 0 Å². The number of ether oxygens (including phenoxy) is 2. The third-order valence-electron chi connectivity index (χ3n) is 8.23. The number of likely N-dealkylation sites (tertiary alicyclic amines) is 1. The molecule has 2 aliphatic rings. The Labute approximate surface area is 257 Å². The minimum absolute atomic E-state index is 0.108. The normalized spacial score (nSPS) is 19.5. The Kier molecular flexibility index (Phi) is 9.60. The number of carbonyl (C=O) groups is 2. The number of methoxy groups -OCH3 is 2. The van der Waals surface area contributed by atoms with E-state index in [2.05, 4.69) is 42.3 Å². The van der Waals surface area contributed by atoms with E-state index in [0.29, 0.717) is 35.8 Å². The molecule has 2 unspecified atom stereocenters. The van der Waals surface area contributed by atoms with Crippen molar-refractivity contribution in [1.82, 2.24) is 14.7 Å². The Hall–Kier alpha value is -3.27. The molecule has 1 aromatic heterocycles. The number of anilines is 1. The fraction of sp³-hybridized carbons (Fsp3) is 0.438. The van der Waals surface area contributed by atoms with E-state index in [1.807, 2.05) is 23.1 Å². The summed E-state index contributed by atoms with van der Waals surface area (Å²) in [6, 6.07) is 15.6. The SMILES string of the molecule is COc1cc(NC(=O)N2CCN(Cc3ccc(-c4cccc(Cl)c4)s3)CC2)c(C(=O)N2C(C)CCCC2C)cc1OC. The van der Waals surface area contributed by atoms with Gasteiger partial charge in [0, 0.05) is 65.7 Å². The maximum Gasteiger partial charge on any atom is 0.321 e. The smallest absolute Gasteiger partial charge is 0.321 e. The summed E-state index contributed by atoms with van der Waals surface area (Å²) >= 11 is 7.94. The summed E-state index contributed by atoms with van der Waals surface area (Å²) in [5, 5.41) is 3.76. The van der Waals surface area contributed by atoms with Crippen molar-refractivity contribution < 1.29 is 19.1 Å². The molecule has 3 heterocycles. The van der Waals surface area contributed by atoms with Gasteiger partial charge in [-0.25, -0.2) is 4.79 Å². The number of amides is 3. The summed E-state index contributed by atoms with van der Waals surface area (Å²) in [5.74, 6) is 0.808. The predicted molar refractivity (Wildman–Crippen MR) is 169 cm³/mol. The van der Waals surface area contributed by atoms with Crippen LogP contribution in [-0.4, -0.2) is 79.1 Å². The molecule has 0 aliphatic carbocycles. The highest BCUT2D eigenvalue weighted by Gasteiger charge is 2.32. The number of thiophene rings is 1. The van der Waals surface area contributed by atoms with Gasteiger partial charge in [-0.15, -0.1) is 11.3 Å². The van der Waals surface area contributed by atoms with Crippen LogP contribution >= 0.6 is 22.9 Å². The molecule has 2 atom stereocenters. The average molecular weight is 611 g/mol. The second kappa shape index (κ2) is 13.4. The Morgan fingerprint density at radius 2 is 1.64 bits per heavy atom. The summed E-state index contributed by atoms with van der Waals surface area (Å²) in [6.07, 6.45) is 3.02. The molecule has 8 nitrogen and oxygen atoms in total. The van der Waals surface area contributed by atoms with Gasteiger partial charge >= 0.3 is 6.03 Å². The molecule has 3 aromatic rings. The summed E-state index contributed by atoms with van der Waals surface area (Å²) in [7, 11) is 3.09. The van der Waals surface area contributed by atoms with Crippen LogP contribution in [0, 0.1) is 0 Å². The highest BCUT2D eigenvalue weighted by Crippen LogP contribution is 2.36. The number of nitrogens with one attached hydrogen (secondary N) is 1. The van der Waals surface area contributed by atoms with Crippen molar-refractivity contribution in [2.24, 2.45) is 0 Å². The molecule has 0 saturated carbocycles. The number of nitrogens with zero attached hydrogens (tertiary/aromatic N) is 3. The van der Waals surface area contributed by atoms with Gasteiger partial charge in [0.15, 0.2) is 11.5 Å². The highest BCUT2D eigenvalue weighted by atomic mass is 35.5. The van der Waals surface area contributed by atoms with Crippen molar-refractivity contribution in [3.8, 4) is 21.9 Å². The van der Waals surface area contributed by atoms with Crippen molar-refractivity contribution in [3.05, 3.63) is 64.0 Å². The van der Waals surface area contributed by atoms with Crippen LogP contribution in [-0.2, 0) is 6.54 Å². The zero-order valence-electron chi connectivity index (χ0n) is 24.7. The Morgan fingerprint density at radius 1 is 0.952 bits per heavy atom. The van der Waals surface area contributed by atoms with Crippen molar-refractivity contribution in [1.29, 1.82) is 0 Å². The van der Waals surface area contributed by atoms with Crippen LogP contribution in [0.4, 0.5) is 10.5 Å². The maximum absolute atomic E-state index is 13.8. The van der Waals surface area contributed by atoms with E-state index >= 15 is 0 Å². The molecule has 5 rings (SSSR count). The fourth-order valence-electron chi connectivity index (χ4n) is 5.90. The minimum atomic E-state index is -0.227. The number of halogens is 1. The lowest BCUT2D eigenvalue weighted by atomic mass is 9.96. The van der Waals surface area contributed by atoms with Crippen LogP contribution in [0.5, 0.6) is 11.5 Å². The largest absolute Gasteiger partial charge is 0.493 e. The molecule has 0 bridgehead atoms. The molecular weight excluding hydrogens is 572 g/mol. The molecule has 1 N–H and O–H groups in total. The molecule has 0 radical (unpaired) electrons. The lowest BCUT2D eigenvalue weighted by Crippen LogP contribution is -2.50. The summed E-state index contributed by atoms with van der Waals surface area (Å²) in [5.41, 5.74) is 1.97. The maximum atomic E-state index is 13.8. The monoisotopic (exact) mass is 610 g/mol. The number of hydrogen-bond acceptors (Lipinski definition) is 6. The topological polar surface area (TPSA) is 74.4 Å². The average Bonchev–Trinajstić information content (AvgIpc) is 3.45. The lowest BCUT2D eigenvalue weighted by molar-refractivity contribution is 0.0511. The second-order valence-electron chi connectivity index (χ2n) is 11.1. The molecule has 2 aliphatic heterocycles. The first-order valence-corrected chi connectivity index (χ1v) is 15.7. The number of hydrogen-bond donors (Lipinski definition) is 1. The first kappa shape index (κ1) is 30.2. The van der Waals surface area contributed by atoms with Crippen molar-refractivity contribution in [2.75, 3.05) is 45.7 Å². The van der Waals surface area contributed by atoms with Gasteiger partial charge in [-0.3, -0.25) is 9.69 Å². The molecule has 3 amide bonds. The first-order valence-electron chi connectivity index (χ1n) is 14.5. The molecule has 2 aromatic carbocycles. The quantitative estimate of drug-likeness (QED) is 0.317. The third-order valence-corrected chi connectivity index (χ3v) is 9.59. The lowest BCUT2D eigenvalue weighted by Gasteiger charge is -2.39. The molecule has 2 fully saturated rings. The Morgan fingerprint density at radius 3 is 2.31 bits per heavy atom. The number of piperazine rings is 1. The molecule has 224 valence electrons. The van der Waals surface area contributed by atoms with Crippen LogP contribution in [0.3, 0.4) is 0 Å². The Bertz CT molecular complexity index is 1410. The number of rotatable bonds is 7. The Balaban J connectivity index is 1.25. The van der Waals surface area contributed by atoms with Crippen LogP contribution < -0.4 is 14.8 Å². The molecule has 42 heavy (non-hydrogen) atoms. The highest BCUT2D eigenvalue weighted by molar-refractivity contribution is 7.15. The van der Waals surface area contributed by atoms with Crippen molar-refractivity contribution in [2.45, 2.75) is 51.7 Å². The van der Waals surface area contributed by atoms with E-state index in [4.69, 9.17) is 21.1 Å². The summed E-state index contributed by atoms with van der Waals surface area (Å²) in [4.78, 5) is 35.9. The van der Waals surface area contributed by atoms with E-state index in [-0.39, 0.29) is 24.0 Å². The number of piperidine rings is 1. The molecular formula is C32H39ClN4O4S. The predicted octanol–water partition coefficient (Wildman–Crippen LogP) is 6.84. The van der Waals surface area contributed by atoms with Gasteiger partial charge in [-0.1, -0.05) is 23.7 Å². The number of urea groups is 1. The molecule has 0 spiro atoms. The van der Waals surface area contributed by atoms with Gasteiger partial charge in [0.2, 0.25) is 0 Å². The van der Waals surface area contributed by atoms with Crippen LogP contribution in [0.1, 0.15) is 48.3 Å². The zero-order valence-corrected chi connectivity index (χ0v) is 26.3. The minimum Gasteiger partial charge on any atom is -0.493 e. The van der Waals surface area contributed by atoms with Gasteiger partial charge in [-0.05, 0) is 69.0 Å². The van der Waals surface area contributed by atoms with Crippen LogP contribution in [0.25, 0.3) is 10.4 Å². The van der Waals surface area contributed by atoms with Crippen molar-refractivity contribution >= 4 is 40.6 Å².